The van der Waals surface area contributed by atoms with Crippen molar-refractivity contribution in [1.29, 1.82) is 0 Å². The van der Waals surface area contributed by atoms with E-state index in [1.165, 1.54) is 0 Å². The summed E-state index contributed by atoms with van der Waals surface area (Å²) < 4.78 is 0. The molecular weight excluding hydrogens is 68.0 g/mol. The minimum Gasteiger partial charge on any atom is -0.300 e. The largest absolute Gasteiger partial charge is 0.300 e. The molecule has 0 aromatic rings. The maximum absolute atomic E-state index is 9.81. The van der Waals surface area contributed by atoms with Gasteiger partial charge in [0.2, 0.25) is 0 Å². The number of hydrogen-bond donors (Lipinski definition) is 0. The van der Waals surface area contributed by atoms with E-state index in [9.17, 15) is 4.79 Å². The van der Waals surface area contributed by atoms with E-state index in [0.717, 1.165) is 0 Å². The maximum Gasteiger partial charge on any atom is 0.129 e. The first-order chi connectivity index (χ1) is 2.27. The van der Waals surface area contributed by atoms with Crippen LogP contribution in [0.25, 0.3) is 0 Å². The molecule has 0 heterocycles. The van der Waals surface area contributed by atoms with Gasteiger partial charge in [-0.15, -0.1) is 0 Å². The first-order valence-corrected chi connectivity index (χ1v) is 1.76. The molecular formula is C4H8HeO. The fraction of sp³-hybridized carbons (Fsp3) is 0.750. The topological polar surface area (TPSA) is 17.1 Å². The van der Waals surface area contributed by atoms with E-state index in [1.54, 1.807) is 6.92 Å². The van der Waals surface area contributed by atoms with Crippen molar-refractivity contribution in [3.63, 3.8) is 0 Å². The Labute approximate surface area is 38.1 Å². The molecule has 2 heteroatoms. The van der Waals surface area contributed by atoms with Crippen molar-refractivity contribution in [2.24, 2.45) is 0 Å². The van der Waals surface area contributed by atoms with Crippen LogP contribution in [0.3, 0.4) is 0 Å². The van der Waals surface area contributed by atoms with Gasteiger partial charge in [-0.1, -0.05) is 6.92 Å². The third kappa shape index (κ3) is 9.55. The molecule has 0 fully saturated rings. The predicted molar refractivity (Wildman–Crippen MR) is 21.0 cm³/mol. The number of ketones is 1. The van der Waals surface area contributed by atoms with E-state index in [0.29, 0.717) is 6.42 Å². The molecule has 0 atom stereocenters. The number of carbonyl (C=O) groups excluding carboxylic acids is 1. The molecule has 0 radical (unpaired) electrons. The fourth-order valence-electron chi connectivity index (χ4n) is 0. The summed E-state index contributed by atoms with van der Waals surface area (Å²) in [5.41, 5.74) is 0. The molecule has 0 saturated heterocycles. The van der Waals surface area contributed by atoms with Gasteiger partial charge in [0.1, 0.15) is 5.78 Å². The molecule has 0 amide bonds. The molecule has 0 N–H and O–H groups in total. The van der Waals surface area contributed by atoms with Gasteiger partial charge in [0.15, 0.2) is 0 Å². The maximum atomic E-state index is 9.81. The number of rotatable bonds is 1. The second-order valence-corrected chi connectivity index (χ2v) is 1.06. The average molecular weight is 76.1 g/mol. The smallest absolute Gasteiger partial charge is 0.129 e. The van der Waals surface area contributed by atoms with Crippen LogP contribution in [0.15, 0.2) is 0 Å². The molecule has 6 heavy (non-hydrogen) atoms. The number of hydrogen-bond acceptors (Lipinski definition) is 1. The van der Waals surface area contributed by atoms with Crippen LogP contribution in [0.2, 0.25) is 0 Å². The second kappa shape index (κ2) is 4.58. The minimum atomic E-state index is 0. The molecule has 0 spiro atoms. The molecule has 0 rings (SSSR count). The summed E-state index contributed by atoms with van der Waals surface area (Å²) in [6.07, 6.45) is 0.667. The summed E-state index contributed by atoms with van der Waals surface area (Å²) in [6, 6.07) is 0. The summed E-state index contributed by atoms with van der Waals surface area (Å²) in [6.45, 7) is 3.43. The Morgan fingerprint density at radius 3 is 1.83 bits per heavy atom. The molecule has 0 aliphatic rings. The summed E-state index contributed by atoms with van der Waals surface area (Å²) in [7, 11) is 0. The summed E-state index contributed by atoms with van der Waals surface area (Å²) in [5.74, 6) is 0.255. The first-order valence-electron chi connectivity index (χ1n) is 1.76. The van der Waals surface area contributed by atoms with E-state index >= 15 is 0 Å². The zero-order chi connectivity index (χ0) is 4.28. The van der Waals surface area contributed by atoms with Gasteiger partial charge in [0.25, 0.3) is 0 Å². The predicted octanol–water partition coefficient (Wildman–Crippen LogP) is 0.985. The second-order valence-electron chi connectivity index (χ2n) is 1.06. The normalized spacial score (nSPS) is 6.33. The number of carbonyl (C=O) groups is 1. The molecule has 0 aliphatic carbocycles. The van der Waals surface area contributed by atoms with E-state index in [4.69, 9.17) is 0 Å². The van der Waals surface area contributed by atoms with Crippen molar-refractivity contribution in [3.8, 4) is 0 Å². The molecule has 32 valence electrons. The van der Waals surface area contributed by atoms with Gasteiger partial charge in [-0.2, -0.15) is 0 Å². The summed E-state index contributed by atoms with van der Waals surface area (Å²) in [4.78, 5) is 9.81. The SMILES string of the molecule is CCC(C)=O.[He]. The van der Waals surface area contributed by atoms with Crippen LogP contribution < -0.4 is 0 Å². The Hall–Kier alpha value is -0.421. The van der Waals surface area contributed by atoms with Gasteiger partial charge in [-0.05, 0) is 6.92 Å². The Bertz CT molecular complexity index is 42.8. The molecule has 0 bridgehead atoms. The van der Waals surface area contributed by atoms with Gasteiger partial charge in [-0.3, -0.25) is 0 Å². The Kier molecular flexibility index (Phi) is 6.97. The van der Waals surface area contributed by atoms with Crippen LogP contribution in [0.1, 0.15) is 20.3 Å². The quantitative estimate of drug-likeness (QED) is 0.455. The number of Topliss-reactive ketones (excluding diaryl/α,β-unsaturated/α-hetero) is 1. The van der Waals surface area contributed by atoms with Crippen molar-refractivity contribution >= 4 is 5.78 Å². The Morgan fingerprint density at radius 2 is 1.83 bits per heavy atom. The van der Waals surface area contributed by atoms with Crippen LogP contribution in [0.4, 0.5) is 0 Å². The van der Waals surface area contributed by atoms with Gasteiger partial charge in [0, 0.05) is 12.6 Å². The third-order valence-electron chi connectivity index (χ3n) is 0.498. The standard InChI is InChI=1S/C4H8O.He/c1-3-4(2)5;/h3H2,1-2H3;. The van der Waals surface area contributed by atoms with Crippen molar-refractivity contribution in [2.75, 3.05) is 0 Å². The van der Waals surface area contributed by atoms with Crippen molar-refractivity contribution in [2.45, 2.75) is 20.3 Å². The van der Waals surface area contributed by atoms with Crippen molar-refractivity contribution in [3.05, 3.63) is 0 Å². The third-order valence-corrected chi connectivity index (χ3v) is 0.498. The zero-order valence-corrected chi connectivity index (χ0v) is 4.32. The van der Waals surface area contributed by atoms with Crippen molar-refractivity contribution in [1.82, 2.24) is 0 Å². The molecule has 0 unspecified atom stereocenters. The van der Waals surface area contributed by atoms with E-state index in [-0.39, 0.29) is 11.9 Å². The van der Waals surface area contributed by atoms with E-state index < -0.39 is 0 Å². The molecule has 0 aromatic carbocycles. The zero-order valence-electron chi connectivity index (χ0n) is 4.32. The molecule has 0 saturated carbocycles. The van der Waals surface area contributed by atoms with Crippen LogP contribution in [-0.2, 0) is 4.79 Å². The van der Waals surface area contributed by atoms with Crippen LogP contribution in [0.5, 0.6) is 0 Å². The molecule has 0 aromatic heterocycles. The molecule has 1 nitrogen and oxygen atoms in total. The first kappa shape index (κ1) is 9.13. The van der Waals surface area contributed by atoms with Crippen molar-refractivity contribution < 1.29 is 10.9 Å². The van der Waals surface area contributed by atoms with Gasteiger partial charge in [0.05, 0.1) is 0 Å². The van der Waals surface area contributed by atoms with Gasteiger partial charge >= 0.3 is 0 Å². The summed E-state index contributed by atoms with van der Waals surface area (Å²) >= 11 is 0. The van der Waals surface area contributed by atoms with Crippen LogP contribution in [-0.4, -0.2) is 5.78 Å². The van der Waals surface area contributed by atoms with E-state index in [1.807, 2.05) is 6.92 Å². The Balaban J connectivity index is 0. The van der Waals surface area contributed by atoms with Crippen LogP contribution in [0, 0.1) is 6.15 Å². The summed E-state index contributed by atoms with van der Waals surface area (Å²) in [5, 5.41) is 0. The van der Waals surface area contributed by atoms with Crippen LogP contribution >= 0.6 is 0 Å². The fourth-order valence-corrected chi connectivity index (χ4v) is 0. The van der Waals surface area contributed by atoms with Gasteiger partial charge < -0.3 is 4.79 Å². The van der Waals surface area contributed by atoms with Gasteiger partial charge in [-0.25, -0.2) is 0 Å². The van der Waals surface area contributed by atoms with E-state index in [2.05, 4.69) is 0 Å². The average Bonchev–Trinajstić information content (AvgIpc) is 1.38. The molecule has 0 aliphatic heterocycles. The minimum absolute atomic E-state index is 0. The monoisotopic (exact) mass is 76.1 g/mol. The Morgan fingerprint density at radius 1 is 1.67 bits per heavy atom.